The Balaban J connectivity index is 0.000000520. The number of carbonyl (C=O) groups is 1. The van der Waals surface area contributed by atoms with Gasteiger partial charge in [-0.15, -0.1) is 11.3 Å². The number of aromatic nitrogens is 4. The van der Waals surface area contributed by atoms with Crippen molar-refractivity contribution < 1.29 is 42.3 Å². The largest absolute Gasteiger partial charge is 0.480 e. The SMILES string of the molecule is C[C@@H](c1nc(-c2ccc(C#N)cc2)cs1)[C@@](Cn1cncn1)(OCOP(=O)(O)O)c1cc(F)ccc1F.NCCCCC(N)C(=O)O. The average Bonchev–Trinajstić information content (AvgIpc) is 3.74. The molecule has 252 valence electrons. The lowest BCUT2D eigenvalue weighted by molar-refractivity contribution is -0.141. The number of phosphoric ester groups is 1. The van der Waals surface area contributed by atoms with Crippen LogP contribution in [-0.2, 0) is 30.8 Å². The van der Waals surface area contributed by atoms with E-state index in [0.717, 1.165) is 36.6 Å². The third-order valence-corrected chi connectivity index (χ3v) is 8.44. The minimum atomic E-state index is -4.94. The van der Waals surface area contributed by atoms with E-state index in [1.807, 2.05) is 6.07 Å². The summed E-state index contributed by atoms with van der Waals surface area (Å²) < 4.78 is 52.7. The Morgan fingerprint density at radius 2 is 1.94 bits per heavy atom. The van der Waals surface area contributed by atoms with Gasteiger partial charge in [0.2, 0.25) is 0 Å². The molecule has 0 aliphatic carbocycles. The van der Waals surface area contributed by atoms with E-state index in [1.54, 1.807) is 36.6 Å². The fourth-order valence-electron chi connectivity index (χ4n) is 4.45. The third-order valence-electron chi connectivity index (χ3n) is 6.97. The molecule has 1 unspecified atom stereocenters. The van der Waals surface area contributed by atoms with E-state index in [4.69, 9.17) is 26.6 Å². The number of nitrogens with zero attached hydrogens (tertiary/aromatic N) is 5. The molecule has 4 aromatic rings. The van der Waals surface area contributed by atoms with Crippen LogP contribution < -0.4 is 11.5 Å². The average molecular weight is 694 g/mol. The number of carboxylic acids is 1. The van der Waals surface area contributed by atoms with E-state index in [2.05, 4.69) is 19.6 Å². The van der Waals surface area contributed by atoms with Gasteiger partial charge < -0.3 is 31.1 Å². The summed E-state index contributed by atoms with van der Waals surface area (Å²) in [6, 6.07) is 10.9. The van der Waals surface area contributed by atoms with Crippen LogP contribution in [0.25, 0.3) is 11.3 Å². The van der Waals surface area contributed by atoms with Gasteiger partial charge in [0.05, 0.1) is 28.9 Å². The number of benzene rings is 2. The molecule has 0 fully saturated rings. The molecule has 0 saturated heterocycles. The number of hydrogen-bond acceptors (Lipinski definition) is 11. The van der Waals surface area contributed by atoms with Crippen molar-refractivity contribution in [2.24, 2.45) is 11.5 Å². The summed E-state index contributed by atoms with van der Waals surface area (Å²) in [5.41, 5.74) is 10.2. The van der Waals surface area contributed by atoms with Crippen molar-refractivity contribution >= 4 is 25.1 Å². The molecule has 0 saturated carbocycles. The number of nitriles is 1. The monoisotopic (exact) mass is 693 g/mol. The molecule has 0 bridgehead atoms. The molecule has 0 aliphatic rings. The number of phosphoric acid groups is 1. The molecule has 2 aromatic heterocycles. The van der Waals surface area contributed by atoms with Gasteiger partial charge in [0, 0.05) is 22.4 Å². The summed E-state index contributed by atoms with van der Waals surface area (Å²) >= 11 is 1.23. The maximum Gasteiger partial charge on any atom is 0.471 e. The minimum absolute atomic E-state index is 0.217. The summed E-state index contributed by atoms with van der Waals surface area (Å²) in [4.78, 5) is 37.0. The Labute approximate surface area is 272 Å². The lowest BCUT2D eigenvalue weighted by Crippen LogP contribution is -2.41. The first-order valence-corrected chi connectivity index (χ1v) is 16.5. The number of rotatable bonds is 15. The van der Waals surface area contributed by atoms with Crippen LogP contribution in [0.5, 0.6) is 0 Å². The minimum Gasteiger partial charge on any atom is -0.480 e. The quantitative estimate of drug-likeness (QED) is 0.0677. The third kappa shape index (κ3) is 10.8. The highest BCUT2D eigenvalue weighted by atomic mass is 32.1. The number of aliphatic carboxylic acids is 1. The van der Waals surface area contributed by atoms with E-state index in [0.29, 0.717) is 29.2 Å². The zero-order chi connectivity index (χ0) is 34.6. The number of halogens is 2. The lowest BCUT2D eigenvalue weighted by atomic mass is 9.81. The van der Waals surface area contributed by atoms with Crippen LogP contribution in [0, 0.1) is 23.0 Å². The standard InChI is InChI=1S/C23H20F2N5O5PS.C6H14N2O2/c1-15(22-29-21(10-37-22)17-4-2-16(9-26)3-5-17)23(11-30-13-27-12-28-30,34-14-35-36(31,32)33)19-8-18(24)6-7-20(19)25;7-4-2-1-3-5(8)6(9)10/h2-8,10,12-13,15H,11,14H2,1H3,(H2,31,32,33);5H,1-4,7-8H2,(H,9,10)/t15-,23+;/m0./s1. The van der Waals surface area contributed by atoms with Crippen molar-refractivity contribution in [3.8, 4) is 17.3 Å². The van der Waals surface area contributed by atoms with Crippen molar-refractivity contribution in [1.82, 2.24) is 19.7 Å². The number of unbranched alkanes of at least 4 members (excludes halogenated alkanes) is 1. The zero-order valence-corrected chi connectivity index (χ0v) is 26.9. The molecule has 2 heterocycles. The Hall–Kier alpha value is -3.98. The van der Waals surface area contributed by atoms with Crippen molar-refractivity contribution in [1.29, 1.82) is 5.26 Å². The molecule has 3 atom stereocenters. The molecular formula is C29H34F2N7O7PS. The van der Waals surface area contributed by atoms with Gasteiger partial charge >= 0.3 is 13.8 Å². The second-order valence-corrected chi connectivity index (χ2v) is 12.3. The highest BCUT2D eigenvalue weighted by Crippen LogP contribution is 2.46. The molecule has 0 aliphatic heterocycles. The topological polar surface area (TPSA) is 233 Å². The van der Waals surface area contributed by atoms with Crippen molar-refractivity contribution in [2.75, 3.05) is 13.3 Å². The molecule has 7 N–H and O–H groups in total. The highest BCUT2D eigenvalue weighted by molar-refractivity contribution is 7.46. The van der Waals surface area contributed by atoms with Gasteiger partial charge in [-0.1, -0.05) is 25.5 Å². The predicted octanol–water partition coefficient (Wildman–Crippen LogP) is 3.86. The Bertz CT molecular complexity index is 1680. The van der Waals surface area contributed by atoms with Gasteiger partial charge in [0.1, 0.15) is 35.9 Å². The first-order chi connectivity index (χ1) is 22.3. The smallest absolute Gasteiger partial charge is 0.471 e. The second-order valence-electron chi connectivity index (χ2n) is 10.2. The van der Waals surface area contributed by atoms with Gasteiger partial charge in [-0.05, 0) is 49.7 Å². The van der Waals surface area contributed by atoms with Gasteiger partial charge in [-0.25, -0.2) is 28.0 Å². The van der Waals surface area contributed by atoms with Crippen LogP contribution in [0.4, 0.5) is 8.78 Å². The van der Waals surface area contributed by atoms with Gasteiger partial charge in [-0.3, -0.25) is 9.32 Å². The van der Waals surface area contributed by atoms with Gasteiger partial charge in [0.15, 0.2) is 6.79 Å². The van der Waals surface area contributed by atoms with E-state index in [-0.39, 0.29) is 12.1 Å². The maximum atomic E-state index is 15.2. The van der Waals surface area contributed by atoms with Crippen LogP contribution in [0.2, 0.25) is 0 Å². The van der Waals surface area contributed by atoms with E-state index in [1.165, 1.54) is 28.7 Å². The molecule has 0 radical (unpaired) electrons. The van der Waals surface area contributed by atoms with Gasteiger partial charge in [0.25, 0.3) is 0 Å². The molecular weight excluding hydrogens is 659 g/mol. The lowest BCUT2D eigenvalue weighted by Gasteiger charge is -2.38. The number of ether oxygens (including phenoxy) is 1. The zero-order valence-electron chi connectivity index (χ0n) is 25.1. The number of hydrogen-bond donors (Lipinski definition) is 5. The highest BCUT2D eigenvalue weighted by Gasteiger charge is 2.45. The Morgan fingerprint density at radius 1 is 1.21 bits per heavy atom. The van der Waals surface area contributed by atoms with E-state index >= 15 is 4.39 Å². The summed E-state index contributed by atoms with van der Waals surface area (Å²) in [5, 5.41) is 23.6. The first kappa shape index (κ1) is 37.5. The fraction of sp³-hybridized carbons (Fsp3) is 0.345. The van der Waals surface area contributed by atoms with Crippen LogP contribution in [0.1, 0.15) is 48.2 Å². The van der Waals surface area contributed by atoms with Crippen LogP contribution in [0.3, 0.4) is 0 Å². The van der Waals surface area contributed by atoms with Crippen molar-refractivity contribution in [3.05, 3.63) is 88.3 Å². The molecule has 0 spiro atoms. The molecule has 2 aromatic carbocycles. The molecule has 4 rings (SSSR count). The molecule has 14 nitrogen and oxygen atoms in total. The van der Waals surface area contributed by atoms with Crippen LogP contribution >= 0.6 is 19.2 Å². The number of thiazole rings is 1. The maximum absolute atomic E-state index is 15.2. The molecule has 18 heteroatoms. The van der Waals surface area contributed by atoms with E-state index in [9.17, 15) is 23.5 Å². The summed E-state index contributed by atoms with van der Waals surface area (Å²) in [5.74, 6) is -3.29. The second kappa shape index (κ2) is 17.3. The molecule has 47 heavy (non-hydrogen) atoms. The summed E-state index contributed by atoms with van der Waals surface area (Å²) in [6.07, 6.45) is 4.75. The Morgan fingerprint density at radius 3 is 2.53 bits per heavy atom. The fourth-order valence-corrected chi connectivity index (χ4v) is 5.60. The van der Waals surface area contributed by atoms with Gasteiger partial charge in [-0.2, -0.15) is 10.4 Å². The van der Waals surface area contributed by atoms with Crippen molar-refractivity contribution in [3.63, 3.8) is 0 Å². The Kier molecular flexibility index (Phi) is 13.8. The van der Waals surface area contributed by atoms with Crippen molar-refractivity contribution in [2.45, 2.75) is 50.3 Å². The van der Waals surface area contributed by atoms with E-state index < -0.39 is 49.8 Å². The summed E-state index contributed by atoms with van der Waals surface area (Å²) in [7, 11) is -4.94. The molecule has 0 amide bonds. The summed E-state index contributed by atoms with van der Waals surface area (Å²) in [6.45, 7) is 1.12. The normalized spacial score (nSPS) is 13.9. The predicted molar refractivity (Wildman–Crippen MR) is 166 cm³/mol. The van der Waals surface area contributed by atoms with Crippen LogP contribution in [0.15, 0.2) is 60.5 Å². The van der Waals surface area contributed by atoms with Crippen LogP contribution in [-0.4, -0.2) is 60.0 Å². The number of nitrogens with two attached hydrogens (primary N) is 2. The first-order valence-electron chi connectivity index (χ1n) is 14.1. The number of carboxylic acid groups (broad SMARTS) is 1.